The molecule has 3 nitrogen and oxygen atoms in total. The minimum absolute atomic E-state index is 0.813. The first kappa shape index (κ1) is 9.58. The van der Waals surface area contributed by atoms with Gasteiger partial charge in [-0.2, -0.15) is 0 Å². The smallest absolute Gasteiger partial charge is 0.130 e. The fourth-order valence-corrected chi connectivity index (χ4v) is 1.06. The summed E-state index contributed by atoms with van der Waals surface area (Å²) in [5.74, 6) is 0.837. The molecule has 0 aliphatic heterocycles. The molecular weight excluding hydrogens is 162 g/mol. The average Bonchev–Trinajstić information content (AvgIpc) is 2.15. The van der Waals surface area contributed by atoms with Crippen LogP contribution in [0.25, 0.3) is 0 Å². The van der Waals surface area contributed by atoms with Gasteiger partial charge in [-0.05, 0) is 25.5 Å². The Labute approximate surface area is 78.7 Å². The first-order valence-corrected chi connectivity index (χ1v) is 4.37. The maximum atomic E-state index is 5.68. The summed E-state index contributed by atoms with van der Waals surface area (Å²) in [5, 5.41) is 3.17. The summed E-state index contributed by atoms with van der Waals surface area (Å²) in [6.45, 7) is 3.94. The van der Waals surface area contributed by atoms with Gasteiger partial charge in [0.25, 0.3) is 0 Å². The standard InChI is InChI=1S/C10H15N3/c1-3-9(8(2)11)13-10-6-4-5-7-12-10/h4-7H,3,11H2,1-2H3,(H,12,13)/b9-8-. The molecule has 13 heavy (non-hydrogen) atoms. The second-order valence-corrected chi connectivity index (χ2v) is 2.86. The third-order valence-corrected chi connectivity index (χ3v) is 1.77. The molecule has 0 atom stereocenters. The molecule has 0 saturated carbocycles. The van der Waals surface area contributed by atoms with Crippen LogP contribution in [0.4, 0.5) is 5.82 Å². The summed E-state index contributed by atoms with van der Waals surface area (Å²) >= 11 is 0. The molecule has 1 aromatic heterocycles. The molecule has 1 heterocycles. The minimum Gasteiger partial charge on any atom is -0.401 e. The van der Waals surface area contributed by atoms with E-state index in [0.717, 1.165) is 23.6 Å². The van der Waals surface area contributed by atoms with Crippen molar-refractivity contribution in [2.45, 2.75) is 20.3 Å². The number of allylic oxidation sites excluding steroid dienone is 2. The highest BCUT2D eigenvalue weighted by Crippen LogP contribution is 2.09. The van der Waals surface area contributed by atoms with Crippen molar-refractivity contribution >= 4 is 5.82 Å². The fourth-order valence-electron chi connectivity index (χ4n) is 1.06. The summed E-state index contributed by atoms with van der Waals surface area (Å²) in [4.78, 5) is 4.15. The van der Waals surface area contributed by atoms with E-state index in [4.69, 9.17) is 5.73 Å². The van der Waals surface area contributed by atoms with E-state index in [0.29, 0.717) is 0 Å². The van der Waals surface area contributed by atoms with Crippen molar-refractivity contribution in [1.82, 2.24) is 4.98 Å². The predicted octanol–water partition coefficient (Wildman–Crippen LogP) is 2.09. The molecule has 0 bridgehead atoms. The Morgan fingerprint density at radius 1 is 1.54 bits per heavy atom. The van der Waals surface area contributed by atoms with Gasteiger partial charge in [0.2, 0.25) is 0 Å². The zero-order valence-electron chi connectivity index (χ0n) is 8.04. The molecule has 0 aliphatic carbocycles. The van der Waals surface area contributed by atoms with Crippen molar-refractivity contribution in [1.29, 1.82) is 0 Å². The van der Waals surface area contributed by atoms with Gasteiger partial charge in [0.15, 0.2) is 0 Å². The van der Waals surface area contributed by atoms with E-state index in [9.17, 15) is 0 Å². The Bertz CT molecular complexity index is 286. The van der Waals surface area contributed by atoms with Crippen molar-refractivity contribution < 1.29 is 0 Å². The van der Waals surface area contributed by atoms with Crippen LogP contribution in [0.5, 0.6) is 0 Å². The third kappa shape index (κ3) is 2.78. The van der Waals surface area contributed by atoms with Crippen LogP contribution in [0.3, 0.4) is 0 Å². The summed E-state index contributed by atoms with van der Waals surface area (Å²) in [7, 11) is 0. The Morgan fingerprint density at radius 2 is 2.31 bits per heavy atom. The summed E-state index contributed by atoms with van der Waals surface area (Å²) in [5.41, 5.74) is 7.52. The average molecular weight is 177 g/mol. The number of hydrogen-bond acceptors (Lipinski definition) is 3. The number of aromatic nitrogens is 1. The molecular formula is C10H15N3. The van der Waals surface area contributed by atoms with Gasteiger partial charge >= 0.3 is 0 Å². The number of rotatable bonds is 3. The molecule has 0 aliphatic rings. The van der Waals surface area contributed by atoms with Crippen LogP contribution in [-0.4, -0.2) is 4.98 Å². The monoisotopic (exact) mass is 177 g/mol. The molecule has 3 heteroatoms. The second-order valence-electron chi connectivity index (χ2n) is 2.86. The number of anilines is 1. The van der Waals surface area contributed by atoms with E-state index in [1.807, 2.05) is 25.1 Å². The van der Waals surface area contributed by atoms with Crippen molar-refractivity contribution in [2.75, 3.05) is 5.32 Å². The van der Waals surface area contributed by atoms with Crippen LogP contribution in [0.1, 0.15) is 20.3 Å². The quantitative estimate of drug-likeness (QED) is 0.743. The number of pyridine rings is 1. The minimum atomic E-state index is 0.813. The first-order valence-electron chi connectivity index (χ1n) is 4.37. The lowest BCUT2D eigenvalue weighted by molar-refractivity contribution is 1.04. The van der Waals surface area contributed by atoms with Crippen LogP contribution in [0.2, 0.25) is 0 Å². The molecule has 3 N–H and O–H groups in total. The Morgan fingerprint density at radius 3 is 2.77 bits per heavy atom. The van der Waals surface area contributed by atoms with E-state index in [1.165, 1.54) is 0 Å². The lowest BCUT2D eigenvalue weighted by atomic mass is 10.3. The highest BCUT2D eigenvalue weighted by Gasteiger charge is 1.97. The predicted molar refractivity (Wildman–Crippen MR) is 55.0 cm³/mol. The van der Waals surface area contributed by atoms with Gasteiger partial charge < -0.3 is 11.1 Å². The molecule has 1 rings (SSSR count). The summed E-state index contributed by atoms with van der Waals surface area (Å²) < 4.78 is 0. The number of nitrogens with zero attached hydrogens (tertiary/aromatic N) is 1. The molecule has 70 valence electrons. The molecule has 0 spiro atoms. The van der Waals surface area contributed by atoms with E-state index >= 15 is 0 Å². The zero-order valence-corrected chi connectivity index (χ0v) is 8.04. The van der Waals surface area contributed by atoms with Gasteiger partial charge in [-0.25, -0.2) is 4.98 Å². The van der Waals surface area contributed by atoms with E-state index in [2.05, 4.69) is 17.2 Å². The molecule has 0 aromatic carbocycles. The van der Waals surface area contributed by atoms with Crippen LogP contribution in [-0.2, 0) is 0 Å². The molecule has 0 unspecified atom stereocenters. The van der Waals surface area contributed by atoms with Gasteiger partial charge in [-0.15, -0.1) is 0 Å². The van der Waals surface area contributed by atoms with Crippen LogP contribution in [0.15, 0.2) is 35.8 Å². The maximum Gasteiger partial charge on any atom is 0.130 e. The van der Waals surface area contributed by atoms with E-state index in [1.54, 1.807) is 6.20 Å². The van der Waals surface area contributed by atoms with Crippen molar-refractivity contribution in [3.8, 4) is 0 Å². The zero-order chi connectivity index (χ0) is 9.68. The Kier molecular flexibility index (Phi) is 3.31. The number of nitrogens with two attached hydrogens (primary N) is 1. The fraction of sp³-hybridized carbons (Fsp3) is 0.300. The lowest BCUT2D eigenvalue weighted by Gasteiger charge is -2.09. The third-order valence-electron chi connectivity index (χ3n) is 1.77. The van der Waals surface area contributed by atoms with Crippen molar-refractivity contribution in [3.05, 3.63) is 35.8 Å². The lowest BCUT2D eigenvalue weighted by Crippen LogP contribution is -2.07. The van der Waals surface area contributed by atoms with Crippen molar-refractivity contribution in [3.63, 3.8) is 0 Å². The second kappa shape index (κ2) is 4.50. The summed E-state index contributed by atoms with van der Waals surface area (Å²) in [6.07, 6.45) is 2.64. The van der Waals surface area contributed by atoms with Gasteiger partial charge in [-0.1, -0.05) is 13.0 Å². The van der Waals surface area contributed by atoms with Crippen LogP contribution in [0, 0.1) is 0 Å². The molecule has 0 radical (unpaired) electrons. The topological polar surface area (TPSA) is 50.9 Å². The molecule has 0 amide bonds. The van der Waals surface area contributed by atoms with E-state index in [-0.39, 0.29) is 0 Å². The van der Waals surface area contributed by atoms with Crippen LogP contribution >= 0.6 is 0 Å². The maximum absolute atomic E-state index is 5.68. The van der Waals surface area contributed by atoms with Gasteiger partial charge in [0, 0.05) is 17.6 Å². The van der Waals surface area contributed by atoms with Gasteiger partial charge in [0.05, 0.1) is 0 Å². The summed E-state index contributed by atoms with van der Waals surface area (Å²) in [6, 6.07) is 5.74. The molecule has 1 aromatic rings. The van der Waals surface area contributed by atoms with Gasteiger partial charge in [-0.3, -0.25) is 0 Å². The van der Waals surface area contributed by atoms with Gasteiger partial charge in [0.1, 0.15) is 5.82 Å². The van der Waals surface area contributed by atoms with E-state index < -0.39 is 0 Å². The number of nitrogens with one attached hydrogen (secondary N) is 1. The normalized spacial score (nSPS) is 12.2. The van der Waals surface area contributed by atoms with Crippen LogP contribution < -0.4 is 11.1 Å². The number of hydrogen-bond donors (Lipinski definition) is 2. The first-order chi connectivity index (χ1) is 6.24. The highest BCUT2D eigenvalue weighted by molar-refractivity contribution is 5.41. The SMILES string of the molecule is CC/C(Nc1ccccn1)=C(\C)N. The molecule has 0 saturated heterocycles. The highest BCUT2D eigenvalue weighted by atomic mass is 15.0. The molecule has 0 fully saturated rings. The largest absolute Gasteiger partial charge is 0.401 e. The Balaban J connectivity index is 2.74. The van der Waals surface area contributed by atoms with Crippen molar-refractivity contribution in [2.24, 2.45) is 5.73 Å². The Hall–Kier alpha value is -1.51.